The van der Waals surface area contributed by atoms with Crippen LogP contribution >= 0.6 is 23.1 Å². The van der Waals surface area contributed by atoms with Crippen LogP contribution in [0.2, 0.25) is 0 Å². The van der Waals surface area contributed by atoms with E-state index in [2.05, 4.69) is 27.8 Å². The number of rotatable bonds is 8. The van der Waals surface area contributed by atoms with Crippen molar-refractivity contribution in [3.05, 3.63) is 0 Å². The van der Waals surface area contributed by atoms with Crippen LogP contribution in [-0.4, -0.2) is 48.2 Å². The number of ether oxygens (including phenoxy) is 1. The Bertz CT molecular complexity index is 469. The Balaban J connectivity index is 1.69. The molecule has 0 spiro atoms. The summed E-state index contributed by atoms with van der Waals surface area (Å²) >= 11 is 2.91. The minimum Gasteiger partial charge on any atom is -0.383 e. The predicted molar refractivity (Wildman–Crippen MR) is 90.6 cm³/mol. The number of hydrogen-bond acceptors (Lipinski definition) is 7. The zero-order valence-electron chi connectivity index (χ0n) is 13.1. The molecular weight excluding hydrogens is 320 g/mol. The fraction of sp³-hybridized carbons (Fsp3) is 0.786. The summed E-state index contributed by atoms with van der Waals surface area (Å²) in [5.41, 5.74) is 0. The Morgan fingerprint density at radius 3 is 3.00 bits per heavy atom. The average Bonchev–Trinajstić information content (AvgIpc) is 2.96. The average molecular weight is 345 g/mol. The van der Waals surface area contributed by atoms with Crippen LogP contribution in [-0.2, 0) is 9.53 Å². The monoisotopic (exact) mass is 344 g/mol. The van der Waals surface area contributed by atoms with Crippen molar-refractivity contribution >= 4 is 34.1 Å². The van der Waals surface area contributed by atoms with Gasteiger partial charge in [-0.2, -0.15) is 0 Å². The molecule has 1 aromatic rings. The molecule has 0 radical (unpaired) electrons. The molecule has 2 N–H and O–H groups in total. The van der Waals surface area contributed by atoms with Crippen molar-refractivity contribution in [1.82, 2.24) is 15.5 Å². The summed E-state index contributed by atoms with van der Waals surface area (Å²) in [5.74, 6) is 1.07. The van der Waals surface area contributed by atoms with E-state index in [0.29, 0.717) is 30.9 Å². The Morgan fingerprint density at radius 1 is 1.41 bits per heavy atom. The zero-order valence-corrected chi connectivity index (χ0v) is 14.8. The molecule has 0 aromatic carbocycles. The first-order chi connectivity index (χ1) is 10.7. The number of nitrogens with one attached hydrogen (secondary N) is 2. The fourth-order valence-electron chi connectivity index (χ4n) is 2.51. The van der Waals surface area contributed by atoms with Crippen molar-refractivity contribution in [1.29, 1.82) is 0 Å². The minimum atomic E-state index is 0.0906. The van der Waals surface area contributed by atoms with Gasteiger partial charge >= 0.3 is 0 Å². The van der Waals surface area contributed by atoms with Crippen molar-refractivity contribution in [2.75, 3.05) is 31.3 Å². The molecule has 1 aliphatic carbocycles. The number of carbonyl (C=O) groups is 1. The van der Waals surface area contributed by atoms with Gasteiger partial charge < -0.3 is 15.4 Å². The van der Waals surface area contributed by atoms with Gasteiger partial charge in [0, 0.05) is 19.7 Å². The third kappa shape index (κ3) is 5.73. The molecule has 0 aliphatic heterocycles. The standard InChI is InChI=1S/C14H24N4O2S2/c1-10-5-3-4-6-11(10)16-12(19)9-21-14-18-17-13(22-14)15-7-8-20-2/h10-11H,3-9H2,1-2H3,(H,15,17)(H,16,19)/t10-,11+/m1/s1. The highest BCUT2D eigenvalue weighted by Crippen LogP contribution is 2.26. The highest BCUT2D eigenvalue weighted by atomic mass is 32.2. The van der Waals surface area contributed by atoms with Crippen molar-refractivity contribution in [2.24, 2.45) is 5.92 Å². The van der Waals surface area contributed by atoms with Crippen molar-refractivity contribution in [3.63, 3.8) is 0 Å². The molecule has 1 aromatic heterocycles. The van der Waals surface area contributed by atoms with Gasteiger partial charge in [-0.1, -0.05) is 42.9 Å². The van der Waals surface area contributed by atoms with Gasteiger partial charge in [-0.3, -0.25) is 4.79 Å². The second kappa shape index (κ2) is 9.32. The van der Waals surface area contributed by atoms with Crippen LogP contribution in [0.4, 0.5) is 5.13 Å². The van der Waals surface area contributed by atoms with Crippen LogP contribution < -0.4 is 10.6 Å². The molecule has 1 aliphatic rings. The largest absolute Gasteiger partial charge is 0.383 e. The lowest BCUT2D eigenvalue weighted by Gasteiger charge is -2.29. The fourth-order valence-corrected chi connectivity index (χ4v) is 4.09. The molecular formula is C14H24N4O2S2. The van der Waals surface area contributed by atoms with Crippen LogP contribution in [0, 0.1) is 5.92 Å². The summed E-state index contributed by atoms with van der Waals surface area (Å²) < 4.78 is 5.78. The smallest absolute Gasteiger partial charge is 0.230 e. The van der Waals surface area contributed by atoms with Crippen molar-refractivity contribution in [2.45, 2.75) is 43.0 Å². The maximum atomic E-state index is 12.0. The molecule has 8 heteroatoms. The first-order valence-corrected chi connectivity index (χ1v) is 9.47. The van der Waals surface area contributed by atoms with Gasteiger partial charge in [-0.25, -0.2) is 0 Å². The predicted octanol–water partition coefficient (Wildman–Crippen LogP) is 2.38. The molecule has 1 amide bonds. The molecule has 0 unspecified atom stereocenters. The summed E-state index contributed by atoms with van der Waals surface area (Å²) in [4.78, 5) is 12.0. The van der Waals surface area contributed by atoms with E-state index in [-0.39, 0.29) is 5.91 Å². The summed E-state index contributed by atoms with van der Waals surface area (Å²) in [6, 6.07) is 0.336. The molecule has 22 heavy (non-hydrogen) atoms. The first kappa shape index (κ1) is 17.5. The van der Waals surface area contributed by atoms with E-state index in [1.54, 1.807) is 7.11 Å². The topological polar surface area (TPSA) is 76.1 Å². The van der Waals surface area contributed by atoms with Gasteiger partial charge in [0.15, 0.2) is 4.34 Å². The lowest BCUT2D eigenvalue weighted by Crippen LogP contribution is -2.41. The van der Waals surface area contributed by atoms with Crippen LogP contribution in [0.1, 0.15) is 32.6 Å². The highest BCUT2D eigenvalue weighted by molar-refractivity contribution is 8.01. The number of nitrogens with zero attached hydrogens (tertiary/aromatic N) is 2. The van der Waals surface area contributed by atoms with E-state index in [1.807, 2.05) is 0 Å². The first-order valence-electron chi connectivity index (χ1n) is 7.67. The van der Waals surface area contributed by atoms with Gasteiger partial charge in [0.25, 0.3) is 0 Å². The van der Waals surface area contributed by atoms with Gasteiger partial charge in [-0.15, -0.1) is 10.2 Å². The van der Waals surface area contributed by atoms with E-state index in [0.717, 1.165) is 15.9 Å². The van der Waals surface area contributed by atoms with Crippen LogP contribution in [0.15, 0.2) is 4.34 Å². The van der Waals surface area contributed by atoms with Gasteiger partial charge in [-0.05, 0) is 18.8 Å². The normalized spacial score (nSPS) is 21.5. The maximum absolute atomic E-state index is 12.0. The van der Waals surface area contributed by atoms with E-state index in [1.165, 1.54) is 42.4 Å². The van der Waals surface area contributed by atoms with Crippen molar-refractivity contribution in [3.8, 4) is 0 Å². The second-order valence-corrected chi connectivity index (χ2v) is 7.72. The quantitative estimate of drug-likeness (QED) is 0.557. The lowest BCUT2D eigenvalue weighted by molar-refractivity contribution is -0.119. The third-order valence-corrected chi connectivity index (χ3v) is 5.79. The molecule has 1 saturated carbocycles. The Hall–Kier alpha value is -0.860. The lowest BCUT2D eigenvalue weighted by atomic mass is 9.86. The summed E-state index contributed by atoms with van der Waals surface area (Å²) in [5, 5.41) is 15.2. The second-order valence-electron chi connectivity index (χ2n) is 5.52. The van der Waals surface area contributed by atoms with Crippen LogP contribution in [0.5, 0.6) is 0 Å². The summed E-state index contributed by atoms with van der Waals surface area (Å²) in [6.07, 6.45) is 4.82. The minimum absolute atomic E-state index is 0.0906. The zero-order chi connectivity index (χ0) is 15.8. The number of methoxy groups -OCH3 is 1. The molecule has 0 saturated heterocycles. The Labute approximate surface area is 139 Å². The van der Waals surface area contributed by atoms with Crippen LogP contribution in [0.3, 0.4) is 0 Å². The number of aromatic nitrogens is 2. The summed E-state index contributed by atoms with van der Waals surface area (Å²) in [7, 11) is 1.66. The molecule has 6 nitrogen and oxygen atoms in total. The van der Waals surface area contributed by atoms with Crippen molar-refractivity contribution < 1.29 is 9.53 Å². The molecule has 2 rings (SSSR count). The number of thioether (sulfide) groups is 1. The van der Waals surface area contributed by atoms with Gasteiger partial charge in [0.1, 0.15) is 0 Å². The number of amides is 1. The Morgan fingerprint density at radius 2 is 2.23 bits per heavy atom. The van der Waals surface area contributed by atoms with E-state index in [9.17, 15) is 4.79 Å². The molecule has 1 fully saturated rings. The molecule has 0 bridgehead atoms. The molecule has 2 atom stereocenters. The third-order valence-electron chi connectivity index (χ3n) is 3.77. The van der Waals surface area contributed by atoms with E-state index >= 15 is 0 Å². The van der Waals surface area contributed by atoms with Crippen LogP contribution in [0.25, 0.3) is 0 Å². The maximum Gasteiger partial charge on any atom is 0.230 e. The van der Waals surface area contributed by atoms with Gasteiger partial charge in [0.05, 0.1) is 12.4 Å². The molecule has 124 valence electrons. The van der Waals surface area contributed by atoms with E-state index < -0.39 is 0 Å². The Kier molecular flexibility index (Phi) is 7.41. The van der Waals surface area contributed by atoms with E-state index in [4.69, 9.17) is 4.74 Å². The molecule has 1 heterocycles. The number of carbonyl (C=O) groups excluding carboxylic acids is 1. The van der Waals surface area contributed by atoms with Gasteiger partial charge in [0.2, 0.25) is 11.0 Å². The summed E-state index contributed by atoms with van der Waals surface area (Å²) in [6.45, 7) is 3.56. The SMILES string of the molecule is COCCNc1nnc(SCC(=O)N[C@H]2CCCC[C@H]2C)s1. The number of hydrogen-bond donors (Lipinski definition) is 2. The number of anilines is 1. The highest BCUT2D eigenvalue weighted by Gasteiger charge is 2.22.